The highest BCUT2D eigenvalue weighted by atomic mass is 19.3. The van der Waals surface area contributed by atoms with Crippen LogP contribution in [0.5, 0.6) is 5.75 Å². The molecule has 3 rings (SSSR count). The Bertz CT molecular complexity index is 894. The van der Waals surface area contributed by atoms with Crippen molar-refractivity contribution in [3.8, 4) is 11.6 Å². The number of hydrogen-bond acceptors (Lipinski definition) is 4. The summed E-state index contributed by atoms with van der Waals surface area (Å²) in [6.07, 6.45) is 7.83. The average molecular weight is 356 g/mol. The Hall–Kier alpha value is -3.55. The minimum atomic E-state index is -2.87. The lowest BCUT2D eigenvalue weighted by Gasteiger charge is -2.08. The largest absolute Gasteiger partial charge is 0.435 e. The number of pyridine rings is 1. The van der Waals surface area contributed by atoms with Crippen LogP contribution in [0.25, 0.3) is 11.9 Å². The van der Waals surface area contributed by atoms with E-state index < -0.39 is 6.61 Å². The van der Waals surface area contributed by atoms with Crippen molar-refractivity contribution in [1.29, 1.82) is 0 Å². The molecule has 8 heteroatoms. The molecular weight excluding hydrogens is 342 g/mol. The van der Waals surface area contributed by atoms with Crippen LogP contribution < -0.4 is 10.1 Å². The Morgan fingerprint density at radius 3 is 2.65 bits per heavy atom. The Morgan fingerprint density at radius 2 is 1.96 bits per heavy atom. The summed E-state index contributed by atoms with van der Waals surface area (Å²) in [5.74, 6) is 0.188. The van der Waals surface area contributed by atoms with Crippen molar-refractivity contribution < 1.29 is 18.3 Å². The summed E-state index contributed by atoms with van der Waals surface area (Å²) in [6, 6.07) is 11.1. The first kappa shape index (κ1) is 17.3. The van der Waals surface area contributed by atoms with Gasteiger partial charge in [-0.05, 0) is 42.0 Å². The van der Waals surface area contributed by atoms with Gasteiger partial charge in [-0.1, -0.05) is 12.1 Å². The number of carbonyl (C=O) groups excluding carboxylic acids is 1. The second-order valence-electron chi connectivity index (χ2n) is 5.10. The monoisotopic (exact) mass is 356 g/mol. The zero-order chi connectivity index (χ0) is 18.4. The number of carbonyl (C=O) groups is 1. The van der Waals surface area contributed by atoms with E-state index in [0.717, 1.165) is 0 Å². The lowest BCUT2D eigenvalue weighted by molar-refractivity contribution is -0.111. The number of anilines is 1. The molecule has 0 unspecified atom stereocenters. The van der Waals surface area contributed by atoms with Crippen LogP contribution >= 0.6 is 0 Å². The molecule has 3 aromatic rings. The molecule has 1 amide bonds. The lowest BCUT2D eigenvalue weighted by Crippen LogP contribution is -2.11. The van der Waals surface area contributed by atoms with E-state index in [-0.39, 0.29) is 11.7 Å². The van der Waals surface area contributed by atoms with Gasteiger partial charge >= 0.3 is 6.61 Å². The van der Waals surface area contributed by atoms with Gasteiger partial charge < -0.3 is 10.1 Å². The van der Waals surface area contributed by atoms with E-state index in [4.69, 9.17) is 0 Å². The zero-order valence-corrected chi connectivity index (χ0v) is 13.4. The van der Waals surface area contributed by atoms with Gasteiger partial charge in [-0.15, -0.1) is 0 Å². The second kappa shape index (κ2) is 8.02. The maximum Gasteiger partial charge on any atom is 0.387 e. The molecule has 1 aromatic carbocycles. The summed E-state index contributed by atoms with van der Waals surface area (Å²) in [7, 11) is 0. The van der Waals surface area contributed by atoms with Gasteiger partial charge in [0, 0.05) is 24.7 Å². The Labute approximate surface area is 147 Å². The van der Waals surface area contributed by atoms with Crippen LogP contribution in [0.2, 0.25) is 0 Å². The fourth-order valence-corrected chi connectivity index (χ4v) is 2.18. The van der Waals surface area contributed by atoms with Crippen molar-refractivity contribution in [2.75, 3.05) is 5.32 Å². The van der Waals surface area contributed by atoms with E-state index in [0.29, 0.717) is 17.1 Å². The zero-order valence-electron chi connectivity index (χ0n) is 13.4. The van der Waals surface area contributed by atoms with Crippen molar-refractivity contribution in [2.24, 2.45) is 0 Å². The Morgan fingerprint density at radius 1 is 1.15 bits per heavy atom. The van der Waals surface area contributed by atoms with Crippen LogP contribution in [0.3, 0.4) is 0 Å². The van der Waals surface area contributed by atoms with E-state index in [2.05, 4.69) is 20.1 Å². The van der Waals surface area contributed by atoms with Crippen molar-refractivity contribution in [3.05, 3.63) is 72.7 Å². The highest BCUT2D eigenvalue weighted by molar-refractivity contribution is 6.02. The van der Waals surface area contributed by atoms with E-state index in [1.165, 1.54) is 18.2 Å². The standard InChI is InChI=1S/C18H14F2N4O2/c19-18(20)26-14-7-4-13(5-8-14)6-9-16(25)23-15-3-1-10-21-17(15)24-12-2-11-22-24/h1-12,18H,(H,23,25)/b9-6+. The summed E-state index contributed by atoms with van der Waals surface area (Å²) >= 11 is 0. The minimum absolute atomic E-state index is 0.0563. The fraction of sp³-hybridized carbons (Fsp3) is 0.0556. The van der Waals surface area contributed by atoms with Crippen molar-refractivity contribution in [1.82, 2.24) is 14.8 Å². The molecule has 2 aromatic heterocycles. The van der Waals surface area contributed by atoms with Crippen molar-refractivity contribution >= 4 is 17.7 Å². The molecule has 0 radical (unpaired) electrons. The third-order valence-electron chi connectivity index (χ3n) is 3.30. The van der Waals surface area contributed by atoms with Gasteiger partial charge in [0.2, 0.25) is 5.91 Å². The molecule has 0 saturated heterocycles. The molecule has 1 N–H and O–H groups in total. The van der Waals surface area contributed by atoms with Gasteiger partial charge in [0.15, 0.2) is 5.82 Å². The van der Waals surface area contributed by atoms with Crippen molar-refractivity contribution in [3.63, 3.8) is 0 Å². The van der Waals surface area contributed by atoms with Crippen molar-refractivity contribution in [2.45, 2.75) is 6.61 Å². The number of aromatic nitrogens is 3. The van der Waals surface area contributed by atoms with Gasteiger partial charge in [0.05, 0.1) is 5.69 Å². The van der Waals surface area contributed by atoms with Crippen LogP contribution in [0.4, 0.5) is 14.5 Å². The molecular formula is C18H14F2N4O2. The molecule has 132 valence electrons. The van der Waals surface area contributed by atoms with Gasteiger partial charge in [0.25, 0.3) is 0 Å². The number of hydrogen-bond donors (Lipinski definition) is 1. The number of halogens is 2. The summed E-state index contributed by atoms with van der Waals surface area (Å²) in [5, 5.41) is 6.83. The normalized spacial score (nSPS) is 11.0. The number of amides is 1. The predicted molar refractivity (Wildman–Crippen MR) is 92.1 cm³/mol. The maximum atomic E-state index is 12.1. The lowest BCUT2D eigenvalue weighted by atomic mass is 10.2. The molecule has 0 spiro atoms. The van der Waals surface area contributed by atoms with Gasteiger partial charge in [0.1, 0.15) is 5.75 Å². The van der Waals surface area contributed by atoms with Gasteiger partial charge in [-0.25, -0.2) is 9.67 Å². The second-order valence-corrected chi connectivity index (χ2v) is 5.10. The highest BCUT2D eigenvalue weighted by Crippen LogP contribution is 2.17. The third-order valence-corrected chi connectivity index (χ3v) is 3.30. The number of benzene rings is 1. The van der Waals surface area contributed by atoms with E-state index in [9.17, 15) is 13.6 Å². The summed E-state index contributed by atoms with van der Waals surface area (Å²) in [4.78, 5) is 16.4. The third kappa shape index (κ3) is 4.50. The number of rotatable bonds is 6. The molecule has 0 aliphatic heterocycles. The molecule has 0 aliphatic rings. The summed E-state index contributed by atoms with van der Waals surface area (Å²) < 4.78 is 30.0. The number of ether oxygens (including phenoxy) is 1. The fourth-order valence-electron chi connectivity index (χ4n) is 2.18. The topological polar surface area (TPSA) is 69.0 Å². The Balaban J connectivity index is 1.67. The predicted octanol–water partition coefficient (Wildman–Crippen LogP) is 3.52. The van der Waals surface area contributed by atoms with Gasteiger partial charge in [-0.2, -0.15) is 13.9 Å². The highest BCUT2D eigenvalue weighted by Gasteiger charge is 2.08. The van der Waals surface area contributed by atoms with Crippen LogP contribution in [0.1, 0.15) is 5.56 Å². The summed E-state index contributed by atoms with van der Waals surface area (Å²) in [5.41, 5.74) is 1.17. The molecule has 6 nitrogen and oxygen atoms in total. The number of nitrogens with zero attached hydrogens (tertiary/aromatic N) is 3. The molecule has 0 bridgehead atoms. The molecule has 0 saturated carbocycles. The molecule has 2 heterocycles. The average Bonchev–Trinajstić information content (AvgIpc) is 3.16. The first-order chi connectivity index (χ1) is 12.6. The minimum Gasteiger partial charge on any atom is -0.435 e. The first-order valence-corrected chi connectivity index (χ1v) is 7.61. The van der Waals surface area contributed by atoms with E-state index >= 15 is 0 Å². The number of alkyl halides is 2. The first-order valence-electron chi connectivity index (χ1n) is 7.61. The van der Waals surface area contributed by atoms with E-state index in [1.54, 1.807) is 59.7 Å². The van der Waals surface area contributed by atoms with Crippen LogP contribution in [-0.2, 0) is 4.79 Å². The molecule has 0 fully saturated rings. The molecule has 0 atom stereocenters. The smallest absolute Gasteiger partial charge is 0.387 e. The van der Waals surface area contributed by atoms with E-state index in [1.807, 2.05) is 0 Å². The Kier molecular flexibility index (Phi) is 5.33. The van der Waals surface area contributed by atoms with Crippen LogP contribution in [0, 0.1) is 0 Å². The van der Waals surface area contributed by atoms with Crippen LogP contribution in [0.15, 0.2) is 67.1 Å². The molecule has 26 heavy (non-hydrogen) atoms. The SMILES string of the molecule is O=C(/C=C/c1ccc(OC(F)F)cc1)Nc1cccnc1-n1cccn1. The number of nitrogens with one attached hydrogen (secondary N) is 1. The maximum absolute atomic E-state index is 12.1. The summed E-state index contributed by atoms with van der Waals surface area (Å²) in [6.45, 7) is -2.87. The van der Waals surface area contributed by atoms with Gasteiger partial charge in [-0.3, -0.25) is 4.79 Å². The molecule has 0 aliphatic carbocycles. The van der Waals surface area contributed by atoms with Crippen LogP contribution in [-0.4, -0.2) is 27.3 Å². The quantitative estimate of drug-likeness (QED) is 0.686.